The molecular weight excluding hydrogens is 284 g/mol. The lowest BCUT2D eigenvalue weighted by Gasteiger charge is -2.28. The van der Waals surface area contributed by atoms with E-state index >= 15 is 0 Å². The van der Waals surface area contributed by atoms with E-state index in [1.165, 1.54) is 23.5 Å². The monoisotopic (exact) mass is 303 g/mol. The van der Waals surface area contributed by atoms with Gasteiger partial charge in [-0.1, -0.05) is 42.0 Å². The van der Waals surface area contributed by atoms with Crippen molar-refractivity contribution in [2.24, 2.45) is 0 Å². The van der Waals surface area contributed by atoms with Crippen molar-refractivity contribution >= 4 is 6.08 Å². The molecule has 1 aromatic heterocycles. The van der Waals surface area contributed by atoms with Crippen molar-refractivity contribution in [3.05, 3.63) is 59.7 Å². The van der Waals surface area contributed by atoms with Gasteiger partial charge in [-0.3, -0.25) is 9.47 Å². The molecule has 2 heterocycles. The smallest absolute Gasteiger partial charge is 0.295 e. The van der Waals surface area contributed by atoms with Crippen molar-refractivity contribution in [1.82, 2.24) is 14.5 Å². The summed E-state index contributed by atoms with van der Waals surface area (Å²) in [7, 11) is 0. The molecule has 0 amide bonds. The van der Waals surface area contributed by atoms with Gasteiger partial charge in [0.2, 0.25) is 0 Å². The molecule has 0 N–H and O–H groups in total. The molecule has 3 nitrogen and oxygen atoms in total. The second-order valence-electron chi connectivity index (χ2n) is 5.52. The van der Waals surface area contributed by atoms with Crippen LogP contribution in [0.3, 0.4) is 0 Å². The molecular formula is C17H19F2N3. The van der Waals surface area contributed by atoms with Gasteiger partial charge >= 0.3 is 6.55 Å². The van der Waals surface area contributed by atoms with Crippen molar-refractivity contribution in [1.29, 1.82) is 0 Å². The van der Waals surface area contributed by atoms with Crippen LogP contribution in [0.2, 0.25) is 0 Å². The summed E-state index contributed by atoms with van der Waals surface area (Å²) in [5, 5.41) is 0. The Morgan fingerprint density at radius 3 is 2.55 bits per heavy atom. The molecule has 0 spiro atoms. The number of alkyl halides is 2. The van der Waals surface area contributed by atoms with Crippen LogP contribution in [0, 0.1) is 0 Å². The van der Waals surface area contributed by atoms with E-state index in [2.05, 4.69) is 28.1 Å². The molecule has 5 heteroatoms. The van der Waals surface area contributed by atoms with Crippen LogP contribution >= 0.6 is 0 Å². The van der Waals surface area contributed by atoms with Gasteiger partial charge in [-0.2, -0.15) is 8.78 Å². The summed E-state index contributed by atoms with van der Waals surface area (Å²) in [6.07, 6.45) is 6.96. The maximum atomic E-state index is 12.8. The van der Waals surface area contributed by atoms with Gasteiger partial charge in [-0.15, -0.1) is 0 Å². The normalized spacial score (nSPS) is 16.2. The van der Waals surface area contributed by atoms with Gasteiger partial charge in [0.25, 0.3) is 0 Å². The number of halogens is 2. The van der Waals surface area contributed by atoms with Crippen LogP contribution in [-0.4, -0.2) is 27.5 Å². The molecule has 0 aliphatic carbocycles. The Balaban J connectivity index is 1.58. The minimum atomic E-state index is -2.52. The second-order valence-corrected chi connectivity index (χ2v) is 5.52. The predicted molar refractivity (Wildman–Crippen MR) is 82.4 cm³/mol. The molecule has 1 aromatic carbocycles. The summed E-state index contributed by atoms with van der Waals surface area (Å²) in [6, 6.07) is 10.3. The van der Waals surface area contributed by atoms with Gasteiger partial charge in [0.05, 0.1) is 6.54 Å². The fourth-order valence-electron chi connectivity index (χ4n) is 2.77. The van der Waals surface area contributed by atoms with Crippen LogP contribution < -0.4 is 0 Å². The maximum absolute atomic E-state index is 12.8. The molecule has 0 unspecified atom stereocenters. The quantitative estimate of drug-likeness (QED) is 0.852. The standard InChI is InChI=1S/C17H19F2N3/c18-17(19)22-11-8-20-16(22)13-21-9-6-15(7-10-21)12-14-4-2-1-3-5-14/h1-5,8,11-12,17H,6-7,9-10,13H2. The van der Waals surface area contributed by atoms with Gasteiger partial charge in [-0.05, 0) is 18.4 Å². The Morgan fingerprint density at radius 2 is 1.86 bits per heavy atom. The number of nitrogens with zero attached hydrogens (tertiary/aromatic N) is 3. The van der Waals surface area contributed by atoms with E-state index in [1.54, 1.807) is 0 Å². The summed E-state index contributed by atoms with van der Waals surface area (Å²) in [4.78, 5) is 6.23. The van der Waals surface area contributed by atoms with Crippen molar-refractivity contribution in [3.8, 4) is 0 Å². The van der Waals surface area contributed by atoms with E-state index in [0.717, 1.165) is 30.5 Å². The van der Waals surface area contributed by atoms with Crippen LogP contribution in [0.1, 0.15) is 30.8 Å². The van der Waals surface area contributed by atoms with Gasteiger partial charge in [0.15, 0.2) is 0 Å². The minimum Gasteiger partial charge on any atom is -0.295 e. The van der Waals surface area contributed by atoms with Crippen molar-refractivity contribution in [3.63, 3.8) is 0 Å². The molecule has 22 heavy (non-hydrogen) atoms. The first-order chi connectivity index (χ1) is 10.7. The molecule has 1 aliphatic heterocycles. The van der Waals surface area contributed by atoms with Gasteiger partial charge in [0.1, 0.15) is 5.82 Å². The number of hydrogen-bond acceptors (Lipinski definition) is 2. The SMILES string of the molecule is FC(F)n1ccnc1CN1CCC(=Cc2ccccc2)CC1. The third-order valence-electron chi connectivity index (χ3n) is 3.99. The Bertz CT molecular complexity index is 624. The number of piperidine rings is 1. The third kappa shape index (κ3) is 3.60. The van der Waals surface area contributed by atoms with Crippen LogP contribution in [0.15, 0.2) is 48.3 Å². The van der Waals surface area contributed by atoms with E-state index in [1.807, 2.05) is 18.2 Å². The summed E-state index contributed by atoms with van der Waals surface area (Å²) in [6.45, 7) is -0.268. The van der Waals surface area contributed by atoms with Gasteiger partial charge in [0, 0.05) is 25.5 Å². The third-order valence-corrected chi connectivity index (χ3v) is 3.99. The number of benzene rings is 1. The highest BCUT2D eigenvalue weighted by Gasteiger charge is 2.18. The summed E-state index contributed by atoms with van der Waals surface area (Å²) in [5.41, 5.74) is 2.64. The topological polar surface area (TPSA) is 21.1 Å². The van der Waals surface area contributed by atoms with Crippen LogP contribution in [-0.2, 0) is 6.54 Å². The number of imidazole rings is 1. The molecule has 1 fully saturated rings. The molecule has 0 bridgehead atoms. The van der Waals surface area contributed by atoms with E-state index < -0.39 is 6.55 Å². The van der Waals surface area contributed by atoms with Gasteiger partial charge < -0.3 is 0 Å². The number of hydrogen-bond donors (Lipinski definition) is 0. The first-order valence-electron chi connectivity index (χ1n) is 7.49. The minimum absolute atomic E-state index is 0.436. The highest BCUT2D eigenvalue weighted by molar-refractivity contribution is 5.52. The predicted octanol–water partition coefficient (Wildman–Crippen LogP) is 3.96. The van der Waals surface area contributed by atoms with E-state index in [0.29, 0.717) is 12.4 Å². The lowest BCUT2D eigenvalue weighted by atomic mass is 10.0. The zero-order chi connectivity index (χ0) is 15.4. The van der Waals surface area contributed by atoms with Crippen molar-refractivity contribution < 1.29 is 8.78 Å². The van der Waals surface area contributed by atoms with Gasteiger partial charge in [-0.25, -0.2) is 4.98 Å². The largest absolute Gasteiger partial charge is 0.319 e. The fraction of sp³-hybridized carbons (Fsp3) is 0.353. The van der Waals surface area contributed by atoms with E-state index in [4.69, 9.17) is 0 Å². The van der Waals surface area contributed by atoms with Crippen molar-refractivity contribution in [2.45, 2.75) is 25.9 Å². The molecule has 2 aromatic rings. The molecule has 0 saturated carbocycles. The highest BCUT2D eigenvalue weighted by atomic mass is 19.3. The Labute approximate surface area is 128 Å². The van der Waals surface area contributed by atoms with Crippen LogP contribution in [0.4, 0.5) is 8.78 Å². The summed E-state index contributed by atoms with van der Waals surface area (Å²) < 4.78 is 26.6. The highest BCUT2D eigenvalue weighted by Crippen LogP contribution is 2.21. The second kappa shape index (κ2) is 6.83. The Hall–Kier alpha value is -2.01. The molecule has 116 valence electrons. The number of likely N-dealkylation sites (tertiary alicyclic amines) is 1. The van der Waals surface area contributed by atoms with Crippen LogP contribution in [0.5, 0.6) is 0 Å². The lowest BCUT2D eigenvalue weighted by Crippen LogP contribution is -2.31. The molecule has 1 aliphatic rings. The maximum Gasteiger partial charge on any atom is 0.319 e. The molecule has 0 atom stereocenters. The zero-order valence-electron chi connectivity index (χ0n) is 12.3. The summed E-state index contributed by atoms with van der Waals surface area (Å²) in [5.74, 6) is 0.436. The fourth-order valence-corrected chi connectivity index (χ4v) is 2.77. The molecule has 3 rings (SSSR count). The first-order valence-corrected chi connectivity index (χ1v) is 7.49. The Kier molecular flexibility index (Phi) is 4.63. The molecule has 0 radical (unpaired) electrons. The number of aromatic nitrogens is 2. The average Bonchev–Trinajstić information content (AvgIpc) is 2.99. The van der Waals surface area contributed by atoms with E-state index in [9.17, 15) is 8.78 Å². The number of rotatable bonds is 4. The lowest BCUT2D eigenvalue weighted by molar-refractivity contribution is 0.0636. The Morgan fingerprint density at radius 1 is 1.14 bits per heavy atom. The van der Waals surface area contributed by atoms with Crippen LogP contribution in [0.25, 0.3) is 6.08 Å². The van der Waals surface area contributed by atoms with E-state index in [-0.39, 0.29) is 0 Å². The summed E-state index contributed by atoms with van der Waals surface area (Å²) >= 11 is 0. The molecule has 1 saturated heterocycles. The zero-order valence-corrected chi connectivity index (χ0v) is 12.3. The first kappa shape index (κ1) is 14.9. The van der Waals surface area contributed by atoms with Crippen molar-refractivity contribution in [2.75, 3.05) is 13.1 Å². The average molecular weight is 303 g/mol.